The van der Waals surface area contributed by atoms with E-state index in [1.54, 1.807) is 18.2 Å². The second-order valence-electron chi connectivity index (χ2n) is 5.92. The van der Waals surface area contributed by atoms with Crippen LogP contribution in [0.3, 0.4) is 0 Å². The van der Waals surface area contributed by atoms with Gasteiger partial charge in [0.05, 0.1) is 18.1 Å². The van der Waals surface area contributed by atoms with Crippen molar-refractivity contribution in [3.63, 3.8) is 0 Å². The smallest absolute Gasteiger partial charge is 0.341 e. The zero-order chi connectivity index (χ0) is 19.8. The van der Waals surface area contributed by atoms with E-state index in [4.69, 9.17) is 10.8 Å². The van der Waals surface area contributed by atoms with Crippen molar-refractivity contribution in [1.82, 2.24) is 24.7 Å². The van der Waals surface area contributed by atoms with E-state index in [0.717, 1.165) is 12.4 Å². The molecule has 4 rings (SSSR count). The molecular formula is C18H12F2N6O2. The van der Waals surface area contributed by atoms with E-state index in [-0.39, 0.29) is 29.4 Å². The lowest BCUT2D eigenvalue weighted by molar-refractivity contribution is 0.0697. The Morgan fingerprint density at radius 2 is 1.96 bits per heavy atom. The number of hydrogen-bond donors (Lipinski definition) is 2. The molecule has 0 fully saturated rings. The summed E-state index contributed by atoms with van der Waals surface area (Å²) in [5.74, 6) is -2.53. The lowest BCUT2D eigenvalue weighted by Crippen LogP contribution is -2.07. The number of hydrogen-bond acceptors (Lipinski definition) is 6. The number of benzene rings is 1. The van der Waals surface area contributed by atoms with Gasteiger partial charge in [-0.3, -0.25) is 0 Å². The molecule has 0 saturated heterocycles. The van der Waals surface area contributed by atoms with Gasteiger partial charge in [-0.1, -0.05) is 18.2 Å². The second-order valence-corrected chi connectivity index (χ2v) is 5.92. The number of aromatic nitrogens is 5. The van der Waals surface area contributed by atoms with Gasteiger partial charge < -0.3 is 10.8 Å². The molecule has 1 aromatic carbocycles. The molecule has 0 aliphatic rings. The van der Waals surface area contributed by atoms with Crippen molar-refractivity contribution < 1.29 is 18.7 Å². The normalized spacial score (nSPS) is 11.1. The zero-order valence-corrected chi connectivity index (χ0v) is 14.2. The highest BCUT2D eigenvalue weighted by Crippen LogP contribution is 2.27. The highest BCUT2D eigenvalue weighted by molar-refractivity contribution is 5.93. The van der Waals surface area contributed by atoms with Gasteiger partial charge in [0.1, 0.15) is 28.7 Å². The van der Waals surface area contributed by atoms with E-state index in [0.29, 0.717) is 16.6 Å². The number of fused-ring (bicyclic) bond motifs is 1. The van der Waals surface area contributed by atoms with Crippen LogP contribution < -0.4 is 5.73 Å². The fourth-order valence-corrected chi connectivity index (χ4v) is 2.77. The van der Waals surface area contributed by atoms with Crippen LogP contribution >= 0.6 is 0 Å². The fourth-order valence-electron chi connectivity index (χ4n) is 2.77. The van der Waals surface area contributed by atoms with Crippen molar-refractivity contribution >= 4 is 22.8 Å². The van der Waals surface area contributed by atoms with Crippen LogP contribution in [0.4, 0.5) is 14.6 Å². The predicted molar refractivity (Wildman–Crippen MR) is 95.4 cm³/mol. The minimum Gasteiger partial charge on any atom is -0.477 e. The molecule has 10 heteroatoms. The first kappa shape index (κ1) is 17.5. The summed E-state index contributed by atoms with van der Waals surface area (Å²) in [5, 5.41) is 13.7. The highest BCUT2D eigenvalue weighted by Gasteiger charge is 2.19. The third-order valence-electron chi connectivity index (χ3n) is 4.09. The lowest BCUT2D eigenvalue weighted by Gasteiger charge is -2.04. The van der Waals surface area contributed by atoms with Gasteiger partial charge in [0.25, 0.3) is 0 Å². The first-order valence-electron chi connectivity index (χ1n) is 8.05. The summed E-state index contributed by atoms with van der Waals surface area (Å²) in [6, 6.07) is 7.38. The van der Waals surface area contributed by atoms with Crippen molar-refractivity contribution in [3.05, 3.63) is 65.5 Å². The first-order chi connectivity index (χ1) is 13.4. The molecule has 140 valence electrons. The zero-order valence-electron chi connectivity index (χ0n) is 14.2. The monoisotopic (exact) mass is 382 g/mol. The van der Waals surface area contributed by atoms with Crippen LogP contribution in [0.25, 0.3) is 22.6 Å². The number of anilines is 1. The van der Waals surface area contributed by atoms with Gasteiger partial charge in [0.2, 0.25) is 0 Å². The van der Waals surface area contributed by atoms with Crippen LogP contribution in [0.15, 0.2) is 42.7 Å². The Morgan fingerprint density at radius 3 is 2.68 bits per heavy atom. The minimum atomic E-state index is -1.27. The van der Waals surface area contributed by atoms with E-state index in [2.05, 4.69) is 20.1 Å². The molecule has 0 aliphatic heterocycles. The number of nitrogens with two attached hydrogens (primary N) is 1. The van der Waals surface area contributed by atoms with E-state index in [1.807, 2.05) is 0 Å². The molecule has 28 heavy (non-hydrogen) atoms. The Kier molecular flexibility index (Phi) is 4.15. The molecule has 0 saturated carbocycles. The maximum atomic E-state index is 14.0. The molecule has 3 aromatic heterocycles. The number of nitrogens with zero attached hydrogens (tertiary/aromatic N) is 5. The lowest BCUT2D eigenvalue weighted by atomic mass is 10.2. The summed E-state index contributed by atoms with van der Waals surface area (Å²) < 4.78 is 29.2. The molecule has 3 heterocycles. The van der Waals surface area contributed by atoms with Crippen molar-refractivity contribution in [2.24, 2.45) is 0 Å². The van der Waals surface area contributed by atoms with Gasteiger partial charge >= 0.3 is 5.97 Å². The fraction of sp³-hybridized carbons (Fsp3) is 0.0556. The topological polar surface area (TPSA) is 120 Å². The Hall–Kier alpha value is -3.95. The van der Waals surface area contributed by atoms with Crippen LogP contribution in [0.5, 0.6) is 0 Å². The number of nitrogen functional groups attached to an aromatic ring is 1. The summed E-state index contributed by atoms with van der Waals surface area (Å²) in [4.78, 5) is 23.1. The summed E-state index contributed by atoms with van der Waals surface area (Å²) in [6.45, 7) is 0.0461. The van der Waals surface area contributed by atoms with E-state index >= 15 is 0 Å². The van der Waals surface area contributed by atoms with Crippen LogP contribution in [0, 0.1) is 11.6 Å². The van der Waals surface area contributed by atoms with Crippen LogP contribution in [0.1, 0.15) is 15.9 Å². The Labute approximate surface area is 156 Å². The number of carboxylic acids is 1. The Bertz CT molecular complexity index is 1220. The molecule has 3 N–H and O–H groups in total. The SMILES string of the molecule is Nc1nc(-c2nn(Cc3ccccc3F)c3ncc(F)cc23)ncc1C(=O)O. The summed E-state index contributed by atoms with van der Waals surface area (Å²) in [6.07, 6.45) is 2.07. The molecule has 0 unspecified atom stereocenters. The highest BCUT2D eigenvalue weighted by atomic mass is 19.1. The second kappa shape index (κ2) is 6.65. The quantitative estimate of drug-likeness (QED) is 0.556. The Balaban J connectivity index is 1.87. The number of halogens is 2. The van der Waals surface area contributed by atoms with E-state index < -0.39 is 17.6 Å². The van der Waals surface area contributed by atoms with E-state index in [1.165, 1.54) is 16.8 Å². The predicted octanol–water partition coefficient (Wildman–Crippen LogP) is 2.50. The summed E-state index contributed by atoms with van der Waals surface area (Å²) in [5.41, 5.74) is 6.23. The molecule has 8 nitrogen and oxygen atoms in total. The third kappa shape index (κ3) is 3.00. The largest absolute Gasteiger partial charge is 0.477 e. The summed E-state index contributed by atoms with van der Waals surface area (Å²) in [7, 11) is 0. The average Bonchev–Trinajstić information content (AvgIpc) is 3.00. The number of carbonyl (C=O) groups is 1. The number of carboxylic acid groups (broad SMARTS) is 1. The molecule has 0 radical (unpaired) electrons. The molecule has 0 spiro atoms. The maximum Gasteiger partial charge on any atom is 0.341 e. The molecule has 0 aliphatic carbocycles. The van der Waals surface area contributed by atoms with Crippen molar-refractivity contribution in [1.29, 1.82) is 0 Å². The number of pyridine rings is 1. The third-order valence-corrected chi connectivity index (χ3v) is 4.09. The summed E-state index contributed by atoms with van der Waals surface area (Å²) >= 11 is 0. The van der Waals surface area contributed by atoms with Gasteiger partial charge in [-0.25, -0.2) is 33.2 Å². The van der Waals surface area contributed by atoms with Crippen molar-refractivity contribution in [2.45, 2.75) is 6.54 Å². The van der Waals surface area contributed by atoms with Crippen molar-refractivity contribution in [2.75, 3.05) is 5.73 Å². The molecule has 0 amide bonds. The van der Waals surface area contributed by atoms with E-state index in [9.17, 15) is 13.6 Å². The maximum absolute atomic E-state index is 14.0. The molecule has 0 atom stereocenters. The van der Waals surface area contributed by atoms with Gasteiger partial charge in [-0.2, -0.15) is 5.10 Å². The van der Waals surface area contributed by atoms with Crippen LogP contribution in [0.2, 0.25) is 0 Å². The number of aromatic carboxylic acids is 1. The number of rotatable bonds is 4. The van der Waals surface area contributed by atoms with Crippen molar-refractivity contribution in [3.8, 4) is 11.5 Å². The minimum absolute atomic E-state index is 0.00665. The van der Waals surface area contributed by atoms with Gasteiger partial charge in [-0.15, -0.1) is 0 Å². The molecular weight excluding hydrogens is 370 g/mol. The van der Waals surface area contributed by atoms with Crippen LogP contribution in [-0.2, 0) is 6.54 Å². The first-order valence-corrected chi connectivity index (χ1v) is 8.05. The molecule has 4 aromatic rings. The molecule has 0 bridgehead atoms. The van der Waals surface area contributed by atoms with Gasteiger partial charge in [0, 0.05) is 11.8 Å². The van der Waals surface area contributed by atoms with Gasteiger partial charge in [0.15, 0.2) is 11.5 Å². The standard InChI is InChI=1S/C18H12F2N6O2/c19-10-5-11-14(16-22-7-12(18(27)28)15(21)24-16)25-26(17(11)23-6-10)8-9-3-1-2-4-13(9)20/h1-7H,8H2,(H,27,28)(H2,21,22,24). The van der Waals surface area contributed by atoms with Crippen LogP contribution in [-0.4, -0.2) is 35.8 Å². The van der Waals surface area contributed by atoms with Gasteiger partial charge in [-0.05, 0) is 12.1 Å². The Morgan fingerprint density at radius 1 is 1.18 bits per heavy atom. The average molecular weight is 382 g/mol.